The first-order valence-corrected chi connectivity index (χ1v) is 11.0. The van der Waals surface area contributed by atoms with Crippen LogP contribution in [-0.2, 0) is 39.4 Å². The lowest BCUT2D eigenvalue weighted by atomic mass is 9.93. The van der Waals surface area contributed by atoms with E-state index in [2.05, 4.69) is 0 Å². The first-order chi connectivity index (χ1) is 17.1. The minimum absolute atomic E-state index is 0.117. The number of benzene rings is 2. The van der Waals surface area contributed by atoms with Crippen LogP contribution < -0.4 is 5.32 Å². The molecule has 3 amide bonds. The summed E-state index contributed by atoms with van der Waals surface area (Å²) in [6, 6.07) is 4.54. The Morgan fingerprint density at radius 3 is 2.47 bits per heavy atom. The maximum Gasteiger partial charge on any atom is 0.416 e. The van der Waals surface area contributed by atoms with E-state index in [1.807, 2.05) is 5.32 Å². The lowest BCUT2D eigenvalue weighted by Gasteiger charge is -2.29. The van der Waals surface area contributed by atoms with Gasteiger partial charge in [0.25, 0.3) is 5.91 Å². The van der Waals surface area contributed by atoms with E-state index in [1.165, 1.54) is 25.1 Å². The van der Waals surface area contributed by atoms with Crippen molar-refractivity contribution in [3.63, 3.8) is 0 Å². The maximum absolute atomic E-state index is 14.8. The molecule has 190 valence electrons. The molecule has 2 aromatic rings. The largest absolute Gasteiger partial charge is 0.416 e. The number of halogens is 5. The van der Waals surface area contributed by atoms with Crippen LogP contribution in [0.4, 0.5) is 22.0 Å². The molecule has 0 bridgehead atoms. The standard InChI is InChI=1S/C25H21F5N2O4/c1-13-2-6-17(18(10-13)25(28,29)30)24(26,27)20(33)8-4-14-3-5-16-15(11-14)12-32(23(16)36)19-7-9-21(34)31-22(19)35/h2-3,5-6,10-11,19H,4,7-9,12H2,1H3,(H,31,34,35)/t19-/m1/s1/i19D. The summed E-state index contributed by atoms with van der Waals surface area (Å²) in [5.41, 5.74) is -1.90. The van der Waals surface area contributed by atoms with E-state index in [-0.39, 0.29) is 36.9 Å². The summed E-state index contributed by atoms with van der Waals surface area (Å²) in [4.78, 5) is 49.9. The number of Topliss-reactive ketones (excluding diaryl/α,β-unsaturated/α-hetero) is 1. The number of aryl methyl sites for hydroxylation is 2. The average Bonchev–Trinajstić information content (AvgIpc) is 3.15. The number of amides is 3. The van der Waals surface area contributed by atoms with Crippen LogP contribution in [0.25, 0.3) is 0 Å². The molecule has 11 heteroatoms. The molecule has 4 rings (SSSR count). The van der Waals surface area contributed by atoms with Crippen LogP contribution in [0.15, 0.2) is 36.4 Å². The van der Waals surface area contributed by atoms with Crippen LogP contribution in [0.2, 0.25) is 0 Å². The molecule has 1 N–H and O–H groups in total. The van der Waals surface area contributed by atoms with E-state index in [0.29, 0.717) is 23.3 Å². The lowest BCUT2D eigenvalue weighted by molar-refractivity contribution is -0.151. The number of alkyl halides is 5. The average molecular weight is 509 g/mol. The lowest BCUT2D eigenvalue weighted by Crippen LogP contribution is -2.52. The van der Waals surface area contributed by atoms with Gasteiger partial charge in [0.2, 0.25) is 17.6 Å². The second-order valence-electron chi connectivity index (χ2n) is 8.75. The summed E-state index contributed by atoms with van der Waals surface area (Å²) in [6.45, 7) is 1.18. The number of carbonyl (C=O) groups excluding carboxylic acids is 4. The highest BCUT2D eigenvalue weighted by atomic mass is 19.4. The van der Waals surface area contributed by atoms with Gasteiger partial charge >= 0.3 is 12.1 Å². The molecule has 6 nitrogen and oxygen atoms in total. The summed E-state index contributed by atoms with van der Waals surface area (Å²) in [5, 5.41) is 2.04. The molecule has 2 heterocycles. The third-order valence-electron chi connectivity index (χ3n) is 6.21. The van der Waals surface area contributed by atoms with Gasteiger partial charge < -0.3 is 4.90 Å². The number of nitrogens with one attached hydrogen (secondary N) is 1. The molecule has 1 fully saturated rings. The van der Waals surface area contributed by atoms with Crippen molar-refractivity contribution in [3.05, 3.63) is 69.8 Å². The van der Waals surface area contributed by atoms with Crippen LogP contribution >= 0.6 is 0 Å². The van der Waals surface area contributed by atoms with Gasteiger partial charge in [0.05, 0.1) is 6.93 Å². The third-order valence-corrected chi connectivity index (χ3v) is 6.21. The van der Waals surface area contributed by atoms with E-state index in [4.69, 9.17) is 1.37 Å². The van der Waals surface area contributed by atoms with Gasteiger partial charge in [-0.25, -0.2) is 0 Å². The number of hydrogen-bond acceptors (Lipinski definition) is 4. The molecule has 2 aromatic carbocycles. The molecule has 2 aliphatic heterocycles. The molecule has 36 heavy (non-hydrogen) atoms. The fourth-order valence-electron chi connectivity index (χ4n) is 4.34. The number of ketones is 1. The second-order valence-corrected chi connectivity index (χ2v) is 8.75. The third kappa shape index (κ3) is 4.74. The monoisotopic (exact) mass is 509 g/mol. The zero-order chi connectivity index (χ0) is 27.3. The number of imide groups is 1. The van der Waals surface area contributed by atoms with Crippen LogP contribution in [0.3, 0.4) is 0 Å². The van der Waals surface area contributed by atoms with E-state index in [1.54, 1.807) is 0 Å². The Balaban J connectivity index is 1.50. The Bertz CT molecular complexity index is 1330. The number of fused-ring (bicyclic) bond motifs is 1. The van der Waals surface area contributed by atoms with Crippen molar-refractivity contribution in [1.29, 1.82) is 0 Å². The topological polar surface area (TPSA) is 83.6 Å². The van der Waals surface area contributed by atoms with E-state index >= 15 is 0 Å². The summed E-state index contributed by atoms with van der Waals surface area (Å²) in [7, 11) is 0. The number of hydrogen-bond donors (Lipinski definition) is 1. The zero-order valence-electron chi connectivity index (χ0n) is 20.0. The highest BCUT2D eigenvalue weighted by Gasteiger charge is 2.47. The van der Waals surface area contributed by atoms with E-state index < -0.39 is 59.2 Å². The number of carbonyl (C=O) groups is 4. The van der Waals surface area contributed by atoms with Crippen LogP contribution in [-0.4, -0.2) is 34.4 Å². The predicted molar refractivity (Wildman–Crippen MR) is 116 cm³/mol. The molecule has 0 aliphatic carbocycles. The molecule has 1 saturated heterocycles. The predicted octanol–water partition coefficient (Wildman–Crippen LogP) is 4.07. The number of nitrogens with zero attached hydrogens (tertiary/aromatic N) is 1. The first kappa shape index (κ1) is 24.1. The molecule has 0 saturated carbocycles. The molecular formula is C25H21F5N2O4. The molecule has 0 radical (unpaired) electrons. The van der Waals surface area contributed by atoms with Gasteiger partial charge in [-0.1, -0.05) is 29.8 Å². The summed E-state index contributed by atoms with van der Waals surface area (Å²) >= 11 is 0. The first-order valence-electron chi connectivity index (χ1n) is 11.5. The van der Waals surface area contributed by atoms with Gasteiger partial charge in [0.15, 0.2) is 0 Å². The Morgan fingerprint density at radius 2 is 1.81 bits per heavy atom. The van der Waals surface area contributed by atoms with Gasteiger partial charge in [0, 0.05) is 30.5 Å². The van der Waals surface area contributed by atoms with Gasteiger partial charge in [-0.05, 0) is 43.0 Å². The smallest absolute Gasteiger partial charge is 0.322 e. The molecule has 0 aromatic heterocycles. The fraction of sp³-hybridized carbons (Fsp3) is 0.360. The number of piperidine rings is 1. The molecular weight excluding hydrogens is 487 g/mol. The van der Waals surface area contributed by atoms with E-state index in [0.717, 1.165) is 11.0 Å². The Hall–Kier alpha value is -3.63. The van der Waals surface area contributed by atoms with Gasteiger partial charge in [0.1, 0.15) is 6.02 Å². The van der Waals surface area contributed by atoms with Gasteiger partial charge in [-0.2, -0.15) is 22.0 Å². The Kier molecular flexibility index (Phi) is 6.09. The van der Waals surface area contributed by atoms with Crippen molar-refractivity contribution in [2.75, 3.05) is 0 Å². The minimum Gasteiger partial charge on any atom is -0.322 e. The Labute approximate surface area is 203 Å². The van der Waals surface area contributed by atoms with Crippen LogP contribution in [0.1, 0.15) is 58.8 Å². The van der Waals surface area contributed by atoms with Crippen molar-refractivity contribution in [3.8, 4) is 0 Å². The van der Waals surface area contributed by atoms with Gasteiger partial charge in [-0.3, -0.25) is 24.5 Å². The second kappa shape index (κ2) is 9.11. The fourth-order valence-corrected chi connectivity index (χ4v) is 4.34. The SMILES string of the molecule is [2H][C@@]1(N2Cc3cc(CCC(=O)C(F)(F)c4ccc(C)cc4C(F)(F)F)ccc3C2=O)CCC(=O)NC1=O. The molecule has 1 atom stereocenters. The van der Waals surface area contributed by atoms with Crippen molar-refractivity contribution in [2.45, 2.75) is 57.3 Å². The van der Waals surface area contributed by atoms with E-state index in [9.17, 15) is 41.1 Å². The van der Waals surface area contributed by atoms with Crippen LogP contribution in [0.5, 0.6) is 0 Å². The minimum atomic E-state index is -5.07. The quantitative estimate of drug-likeness (QED) is 0.470. The zero-order valence-corrected chi connectivity index (χ0v) is 19.0. The van der Waals surface area contributed by atoms with Crippen molar-refractivity contribution < 1.29 is 42.5 Å². The summed E-state index contributed by atoms with van der Waals surface area (Å²) in [6.07, 6.45) is -6.37. The molecule has 0 spiro atoms. The van der Waals surface area contributed by atoms with Crippen molar-refractivity contribution >= 4 is 23.5 Å². The normalized spacial score (nSPS) is 20.8. The summed E-state index contributed by atoms with van der Waals surface area (Å²) < 4.78 is 78.1. The summed E-state index contributed by atoms with van der Waals surface area (Å²) in [5.74, 6) is -8.14. The highest BCUT2D eigenvalue weighted by Crippen LogP contribution is 2.41. The maximum atomic E-state index is 14.8. The van der Waals surface area contributed by atoms with Crippen molar-refractivity contribution in [1.82, 2.24) is 10.2 Å². The highest BCUT2D eigenvalue weighted by molar-refractivity contribution is 6.05. The van der Waals surface area contributed by atoms with Crippen LogP contribution in [0, 0.1) is 6.92 Å². The van der Waals surface area contributed by atoms with Gasteiger partial charge in [-0.15, -0.1) is 0 Å². The Morgan fingerprint density at radius 1 is 1.08 bits per heavy atom. The molecule has 0 unspecified atom stereocenters. The number of rotatable bonds is 6. The molecule has 2 aliphatic rings. The van der Waals surface area contributed by atoms with Crippen molar-refractivity contribution in [2.24, 2.45) is 0 Å².